The van der Waals surface area contributed by atoms with Crippen LogP contribution in [0.4, 0.5) is 0 Å². The number of ether oxygens (including phenoxy) is 1. The van der Waals surface area contributed by atoms with E-state index in [1.54, 1.807) is 0 Å². The second kappa shape index (κ2) is 8.08. The summed E-state index contributed by atoms with van der Waals surface area (Å²) >= 11 is 0. The minimum absolute atomic E-state index is 0. The zero-order chi connectivity index (χ0) is 12.0. The minimum atomic E-state index is -1.11. The van der Waals surface area contributed by atoms with Crippen LogP contribution in [0.5, 0.6) is 0 Å². The summed E-state index contributed by atoms with van der Waals surface area (Å²) < 4.78 is 4.54. The normalized spacial score (nSPS) is 16.4. The van der Waals surface area contributed by atoms with Crippen molar-refractivity contribution in [3.63, 3.8) is 0 Å². The molecule has 0 aromatic rings. The Bertz CT molecular complexity index is 298. The van der Waals surface area contributed by atoms with Gasteiger partial charge in [0.25, 0.3) is 0 Å². The zero-order valence-electron chi connectivity index (χ0n) is 9.85. The van der Waals surface area contributed by atoms with Gasteiger partial charge in [0.15, 0.2) is 0 Å². The van der Waals surface area contributed by atoms with Gasteiger partial charge in [-0.25, -0.2) is 9.59 Å². The SMILES string of the molecule is COC(=O)/C(=C/C(=O)O)CCN1CCCC1.Cl. The maximum Gasteiger partial charge on any atom is 0.334 e. The lowest BCUT2D eigenvalue weighted by Crippen LogP contribution is -2.22. The number of aliphatic carboxylic acids is 1. The maximum absolute atomic E-state index is 11.3. The topological polar surface area (TPSA) is 66.8 Å². The first kappa shape index (κ1) is 15.9. The molecular formula is C11H18ClNO4. The monoisotopic (exact) mass is 263 g/mol. The van der Waals surface area contributed by atoms with Crippen LogP contribution < -0.4 is 0 Å². The predicted octanol–water partition coefficient (Wildman–Crippen LogP) is 1.08. The van der Waals surface area contributed by atoms with Crippen LogP contribution in [0.1, 0.15) is 19.3 Å². The fourth-order valence-electron chi connectivity index (χ4n) is 1.80. The molecule has 1 aliphatic rings. The van der Waals surface area contributed by atoms with Gasteiger partial charge in [0.2, 0.25) is 0 Å². The largest absolute Gasteiger partial charge is 0.478 e. The third kappa shape index (κ3) is 5.70. The number of nitrogens with zero attached hydrogens (tertiary/aromatic N) is 1. The van der Waals surface area contributed by atoms with Crippen molar-refractivity contribution >= 4 is 24.3 Å². The molecule has 6 heteroatoms. The number of halogens is 1. The van der Waals surface area contributed by atoms with Crippen LogP contribution in [0.3, 0.4) is 0 Å². The number of carbonyl (C=O) groups is 2. The average Bonchev–Trinajstić information content (AvgIpc) is 2.75. The Morgan fingerprint density at radius 3 is 2.41 bits per heavy atom. The first-order chi connectivity index (χ1) is 7.63. The van der Waals surface area contributed by atoms with Crippen molar-refractivity contribution in [3.8, 4) is 0 Å². The van der Waals surface area contributed by atoms with Gasteiger partial charge in [-0.3, -0.25) is 0 Å². The molecule has 5 nitrogen and oxygen atoms in total. The molecule has 0 amide bonds. The van der Waals surface area contributed by atoms with Crippen molar-refractivity contribution in [2.45, 2.75) is 19.3 Å². The first-order valence-electron chi connectivity index (χ1n) is 5.37. The summed E-state index contributed by atoms with van der Waals surface area (Å²) in [7, 11) is 1.26. The number of carbonyl (C=O) groups excluding carboxylic acids is 1. The number of rotatable bonds is 5. The molecule has 1 saturated heterocycles. The van der Waals surface area contributed by atoms with Crippen molar-refractivity contribution in [1.29, 1.82) is 0 Å². The van der Waals surface area contributed by atoms with Crippen LogP contribution in [0.2, 0.25) is 0 Å². The lowest BCUT2D eigenvalue weighted by Gasteiger charge is -2.14. The summed E-state index contributed by atoms with van der Waals surface area (Å²) in [6.07, 6.45) is 3.72. The van der Waals surface area contributed by atoms with E-state index < -0.39 is 11.9 Å². The molecule has 0 saturated carbocycles. The minimum Gasteiger partial charge on any atom is -0.478 e. The van der Waals surface area contributed by atoms with E-state index in [4.69, 9.17) is 5.11 Å². The summed E-state index contributed by atoms with van der Waals surface area (Å²) in [4.78, 5) is 24.0. The van der Waals surface area contributed by atoms with Gasteiger partial charge >= 0.3 is 11.9 Å². The molecule has 0 aromatic heterocycles. The second-order valence-electron chi connectivity index (χ2n) is 3.80. The third-order valence-corrected chi connectivity index (χ3v) is 2.64. The maximum atomic E-state index is 11.3. The first-order valence-corrected chi connectivity index (χ1v) is 5.37. The molecule has 0 atom stereocenters. The van der Waals surface area contributed by atoms with Crippen LogP contribution >= 0.6 is 12.4 Å². The number of carboxylic acids is 1. The van der Waals surface area contributed by atoms with Gasteiger partial charge in [-0.15, -0.1) is 12.4 Å². The van der Waals surface area contributed by atoms with Gasteiger partial charge in [0.1, 0.15) is 0 Å². The van der Waals surface area contributed by atoms with Gasteiger partial charge in [0, 0.05) is 18.2 Å². The number of hydrogen-bond donors (Lipinski definition) is 1. The van der Waals surface area contributed by atoms with E-state index in [-0.39, 0.29) is 18.0 Å². The third-order valence-electron chi connectivity index (χ3n) is 2.64. The van der Waals surface area contributed by atoms with Crippen molar-refractivity contribution < 1.29 is 19.4 Å². The Morgan fingerprint density at radius 2 is 1.94 bits per heavy atom. The summed E-state index contributed by atoms with van der Waals surface area (Å²) in [6.45, 7) is 2.78. The Labute approximate surface area is 107 Å². The predicted molar refractivity (Wildman–Crippen MR) is 65.3 cm³/mol. The number of likely N-dealkylation sites (tertiary alicyclic amines) is 1. The average molecular weight is 264 g/mol. The smallest absolute Gasteiger partial charge is 0.334 e. The number of carboxylic acid groups (broad SMARTS) is 1. The van der Waals surface area contributed by atoms with Crippen LogP contribution in [0.25, 0.3) is 0 Å². The number of methoxy groups -OCH3 is 1. The molecule has 1 N–H and O–H groups in total. The summed E-state index contributed by atoms with van der Waals surface area (Å²) in [6, 6.07) is 0. The van der Waals surface area contributed by atoms with Gasteiger partial charge in [-0.05, 0) is 32.4 Å². The highest BCUT2D eigenvalue weighted by Gasteiger charge is 2.16. The lowest BCUT2D eigenvalue weighted by atomic mass is 10.1. The Balaban J connectivity index is 0.00000256. The summed E-state index contributed by atoms with van der Waals surface area (Å²) in [5.41, 5.74) is 0.224. The van der Waals surface area contributed by atoms with E-state index in [1.165, 1.54) is 20.0 Å². The summed E-state index contributed by atoms with van der Waals surface area (Å²) in [5, 5.41) is 8.62. The highest BCUT2D eigenvalue weighted by molar-refractivity contribution is 5.95. The molecule has 1 fully saturated rings. The van der Waals surface area contributed by atoms with Gasteiger partial charge in [-0.1, -0.05) is 0 Å². The molecule has 98 valence electrons. The van der Waals surface area contributed by atoms with E-state index in [0.717, 1.165) is 19.2 Å². The van der Waals surface area contributed by atoms with Crippen molar-refractivity contribution in [2.75, 3.05) is 26.7 Å². The van der Waals surface area contributed by atoms with Crippen LogP contribution in [0.15, 0.2) is 11.6 Å². The van der Waals surface area contributed by atoms with Crippen LogP contribution in [-0.2, 0) is 14.3 Å². The summed E-state index contributed by atoms with van der Waals surface area (Å²) in [5.74, 6) is -1.66. The van der Waals surface area contributed by atoms with Crippen molar-refractivity contribution in [3.05, 3.63) is 11.6 Å². The molecule has 1 rings (SSSR count). The molecule has 0 unspecified atom stereocenters. The van der Waals surface area contributed by atoms with Crippen LogP contribution in [0, 0.1) is 0 Å². The second-order valence-corrected chi connectivity index (χ2v) is 3.80. The molecule has 0 spiro atoms. The van der Waals surface area contributed by atoms with Gasteiger partial charge < -0.3 is 14.7 Å². The fourth-order valence-corrected chi connectivity index (χ4v) is 1.80. The molecule has 1 heterocycles. The molecule has 0 aliphatic carbocycles. The molecular weight excluding hydrogens is 246 g/mol. The van der Waals surface area contributed by atoms with Crippen molar-refractivity contribution in [1.82, 2.24) is 4.90 Å². The van der Waals surface area contributed by atoms with E-state index >= 15 is 0 Å². The van der Waals surface area contributed by atoms with Crippen molar-refractivity contribution in [2.24, 2.45) is 0 Å². The quantitative estimate of drug-likeness (QED) is 0.594. The lowest BCUT2D eigenvalue weighted by molar-refractivity contribution is -0.137. The van der Waals surface area contributed by atoms with E-state index in [1.807, 2.05) is 0 Å². The highest BCUT2D eigenvalue weighted by atomic mass is 35.5. The molecule has 0 aromatic carbocycles. The van der Waals surface area contributed by atoms with E-state index in [2.05, 4.69) is 9.64 Å². The molecule has 0 radical (unpaired) electrons. The Hall–Kier alpha value is -1.07. The highest BCUT2D eigenvalue weighted by Crippen LogP contribution is 2.11. The Kier molecular flexibility index (Phi) is 7.58. The fraction of sp³-hybridized carbons (Fsp3) is 0.636. The standard InChI is InChI=1S/C11H17NO4.ClH/c1-16-11(15)9(8-10(13)14)4-7-12-5-2-3-6-12;/h8H,2-7H2,1H3,(H,13,14);1H/b9-8+;. The Morgan fingerprint density at radius 1 is 1.35 bits per heavy atom. The molecule has 17 heavy (non-hydrogen) atoms. The molecule has 0 bridgehead atoms. The van der Waals surface area contributed by atoms with E-state index in [0.29, 0.717) is 13.0 Å². The van der Waals surface area contributed by atoms with E-state index in [9.17, 15) is 9.59 Å². The van der Waals surface area contributed by atoms with Gasteiger partial charge in [0.05, 0.1) is 7.11 Å². The van der Waals surface area contributed by atoms with Gasteiger partial charge in [-0.2, -0.15) is 0 Å². The number of hydrogen-bond acceptors (Lipinski definition) is 4. The molecule has 1 aliphatic heterocycles. The van der Waals surface area contributed by atoms with Crippen LogP contribution in [-0.4, -0.2) is 48.7 Å². The zero-order valence-corrected chi connectivity index (χ0v) is 10.7. The number of esters is 1.